The molecule has 0 saturated heterocycles. The Morgan fingerprint density at radius 2 is 1.25 bits per heavy atom. The SMILES string of the molecule is CC(C)CCCCCC(=O)CCCC(C)C. The van der Waals surface area contributed by atoms with E-state index in [1.165, 1.54) is 25.7 Å². The van der Waals surface area contributed by atoms with Crippen molar-refractivity contribution in [3.63, 3.8) is 0 Å². The fourth-order valence-corrected chi connectivity index (χ4v) is 1.88. The van der Waals surface area contributed by atoms with E-state index in [4.69, 9.17) is 0 Å². The van der Waals surface area contributed by atoms with E-state index in [-0.39, 0.29) is 0 Å². The van der Waals surface area contributed by atoms with Gasteiger partial charge in [0.05, 0.1) is 0 Å². The molecule has 96 valence electrons. The number of carbonyl (C=O) groups is 1. The van der Waals surface area contributed by atoms with Crippen molar-refractivity contribution in [2.45, 2.75) is 79.1 Å². The van der Waals surface area contributed by atoms with Gasteiger partial charge in [0.1, 0.15) is 5.78 Å². The van der Waals surface area contributed by atoms with Crippen LogP contribution in [0.1, 0.15) is 79.1 Å². The lowest BCUT2D eigenvalue weighted by Crippen LogP contribution is -1.99. The summed E-state index contributed by atoms with van der Waals surface area (Å²) >= 11 is 0. The monoisotopic (exact) mass is 226 g/mol. The van der Waals surface area contributed by atoms with Crippen LogP contribution >= 0.6 is 0 Å². The van der Waals surface area contributed by atoms with Gasteiger partial charge in [-0.1, -0.05) is 53.4 Å². The van der Waals surface area contributed by atoms with E-state index in [2.05, 4.69) is 27.7 Å². The molecule has 16 heavy (non-hydrogen) atoms. The van der Waals surface area contributed by atoms with Gasteiger partial charge in [-0.25, -0.2) is 0 Å². The van der Waals surface area contributed by atoms with Crippen LogP contribution in [0, 0.1) is 11.8 Å². The molecule has 0 atom stereocenters. The summed E-state index contributed by atoms with van der Waals surface area (Å²) in [7, 11) is 0. The summed E-state index contributed by atoms with van der Waals surface area (Å²) in [6.07, 6.45) is 8.83. The third-order valence-corrected chi connectivity index (χ3v) is 2.97. The highest BCUT2D eigenvalue weighted by Crippen LogP contribution is 2.12. The predicted molar refractivity (Wildman–Crippen MR) is 71.6 cm³/mol. The third-order valence-electron chi connectivity index (χ3n) is 2.97. The largest absolute Gasteiger partial charge is 0.300 e. The Morgan fingerprint density at radius 1 is 0.750 bits per heavy atom. The molecule has 0 bridgehead atoms. The summed E-state index contributed by atoms with van der Waals surface area (Å²) < 4.78 is 0. The molecule has 0 aromatic carbocycles. The Morgan fingerprint density at radius 3 is 1.81 bits per heavy atom. The van der Waals surface area contributed by atoms with E-state index in [9.17, 15) is 4.79 Å². The van der Waals surface area contributed by atoms with Gasteiger partial charge >= 0.3 is 0 Å². The van der Waals surface area contributed by atoms with E-state index in [0.29, 0.717) is 5.78 Å². The summed E-state index contributed by atoms with van der Waals surface area (Å²) in [5.41, 5.74) is 0. The number of Topliss-reactive ketones (excluding diaryl/α,β-unsaturated/α-hetero) is 1. The van der Waals surface area contributed by atoms with Crippen LogP contribution in [0.4, 0.5) is 0 Å². The molecule has 0 radical (unpaired) electrons. The Bertz CT molecular complexity index is 170. The number of hydrogen-bond acceptors (Lipinski definition) is 1. The minimum Gasteiger partial charge on any atom is -0.300 e. The molecule has 1 heteroatoms. The lowest BCUT2D eigenvalue weighted by atomic mass is 10.0. The molecule has 0 aliphatic heterocycles. The van der Waals surface area contributed by atoms with E-state index in [0.717, 1.165) is 37.5 Å². The topological polar surface area (TPSA) is 17.1 Å². The number of ketones is 1. The molecular formula is C15H30O. The van der Waals surface area contributed by atoms with Gasteiger partial charge in [-0.2, -0.15) is 0 Å². The van der Waals surface area contributed by atoms with Gasteiger partial charge in [0, 0.05) is 12.8 Å². The Balaban J connectivity index is 3.24. The first-order chi connectivity index (χ1) is 7.52. The summed E-state index contributed by atoms with van der Waals surface area (Å²) in [6.45, 7) is 8.96. The second-order valence-electron chi connectivity index (χ2n) is 5.82. The molecule has 0 rings (SSSR count). The van der Waals surface area contributed by atoms with Gasteiger partial charge in [0.2, 0.25) is 0 Å². The van der Waals surface area contributed by atoms with Gasteiger partial charge in [-0.05, 0) is 24.7 Å². The maximum atomic E-state index is 11.5. The van der Waals surface area contributed by atoms with Gasteiger partial charge in [-0.3, -0.25) is 4.79 Å². The van der Waals surface area contributed by atoms with Crippen molar-refractivity contribution in [1.82, 2.24) is 0 Å². The predicted octanol–water partition coefficient (Wildman–Crippen LogP) is 4.99. The molecule has 0 aliphatic carbocycles. The Kier molecular flexibility index (Phi) is 9.66. The molecule has 0 aromatic heterocycles. The fourth-order valence-electron chi connectivity index (χ4n) is 1.88. The second kappa shape index (κ2) is 9.86. The van der Waals surface area contributed by atoms with Gasteiger partial charge in [-0.15, -0.1) is 0 Å². The van der Waals surface area contributed by atoms with Crippen LogP contribution in [0.5, 0.6) is 0 Å². The second-order valence-corrected chi connectivity index (χ2v) is 5.82. The summed E-state index contributed by atoms with van der Waals surface area (Å²) in [5.74, 6) is 2.02. The number of carbonyl (C=O) groups excluding carboxylic acids is 1. The lowest BCUT2D eigenvalue weighted by Gasteiger charge is -2.05. The first-order valence-corrected chi connectivity index (χ1v) is 7.04. The quantitative estimate of drug-likeness (QED) is 0.480. The minimum absolute atomic E-state index is 0.477. The van der Waals surface area contributed by atoms with Crippen LogP contribution in [-0.2, 0) is 4.79 Å². The van der Waals surface area contributed by atoms with Crippen molar-refractivity contribution in [2.75, 3.05) is 0 Å². The summed E-state index contributed by atoms with van der Waals surface area (Å²) in [5, 5.41) is 0. The van der Waals surface area contributed by atoms with Crippen molar-refractivity contribution in [3.05, 3.63) is 0 Å². The molecule has 0 heterocycles. The molecule has 0 aliphatic rings. The zero-order valence-electron chi connectivity index (χ0n) is 11.7. The molecule has 0 aromatic rings. The Hall–Kier alpha value is -0.330. The number of unbranched alkanes of at least 4 members (excludes halogenated alkanes) is 2. The molecular weight excluding hydrogens is 196 g/mol. The van der Waals surface area contributed by atoms with E-state index in [1.807, 2.05) is 0 Å². The highest BCUT2D eigenvalue weighted by atomic mass is 16.1. The molecule has 0 unspecified atom stereocenters. The minimum atomic E-state index is 0.477. The normalized spacial score (nSPS) is 11.4. The maximum absolute atomic E-state index is 11.5. The number of hydrogen-bond donors (Lipinski definition) is 0. The molecule has 1 nitrogen and oxygen atoms in total. The van der Waals surface area contributed by atoms with Crippen LogP contribution < -0.4 is 0 Å². The summed E-state index contributed by atoms with van der Waals surface area (Å²) in [6, 6.07) is 0. The van der Waals surface area contributed by atoms with E-state index < -0.39 is 0 Å². The average molecular weight is 226 g/mol. The van der Waals surface area contributed by atoms with E-state index >= 15 is 0 Å². The third kappa shape index (κ3) is 11.7. The van der Waals surface area contributed by atoms with Crippen molar-refractivity contribution in [1.29, 1.82) is 0 Å². The highest BCUT2D eigenvalue weighted by Gasteiger charge is 2.03. The number of rotatable bonds is 10. The molecule has 0 saturated carbocycles. The highest BCUT2D eigenvalue weighted by molar-refractivity contribution is 5.78. The van der Waals surface area contributed by atoms with Crippen molar-refractivity contribution in [2.24, 2.45) is 11.8 Å². The zero-order chi connectivity index (χ0) is 12.4. The van der Waals surface area contributed by atoms with Crippen LogP contribution in [0.15, 0.2) is 0 Å². The van der Waals surface area contributed by atoms with E-state index in [1.54, 1.807) is 0 Å². The Labute approximate surface area is 102 Å². The van der Waals surface area contributed by atoms with Gasteiger partial charge in [0.25, 0.3) is 0 Å². The van der Waals surface area contributed by atoms with Crippen LogP contribution in [-0.4, -0.2) is 5.78 Å². The standard InChI is InChI=1S/C15H30O/c1-13(2)9-6-5-7-11-15(16)12-8-10-14(3)4/h13-14H,5-12H2,1-4H3. The fraction of sp³-hybridized carbons (Fsp3) is 0.933. The molecule has 0 amide bonds. The van der Waals surface area contributed by atoms with Crippen molar-refractivity contribution >= 4 is 5.78 Å². The average Bonchev–Trinajstić information content (AvgIpc) is 2.16. The van der Waals surface area contributed by atoms with Crippen LogP contribution in [0.2, 0.25) is 0 Å². The van der Waals surface area contributed by atoms with Crippen molar-refractivity contribution < 1.29 is 4.79 Å². The molecule has 0 fully saturated rings. The first-order valence-electron chi connectivity index (χ1n) is 7.04. The van der Waals surface area contributed by atoms with Crippen LogP contribution in [0.25, 0.3) is 0 Å². The van der Waals surface area contributed by atoms with Gasteiger partial charge in [0.15, 0.2) is 0 Å². The molecule has 0 N–H and O–H groups in total. The van der Waals surface area contributed by atoms with Crippen molar-refractivity contribution in [3.8, 4) is 0 Å². The van der Waals surface area contributed by atoms with Gasteiger partial charge < -0.3 is 0 Å². The summed E-state index contributed by atoms with van der Waals surface area (Å²) in [4.78, 5) is 11.5. The lowest BCUT2D eigenvalue weighted by molar-refractivity contribution is -0.119. The zero-order valence-corrected chi connectivity index (χ0v) is 11.7. The first kappa shape index (κ1) is 15.7. The van der Waals surface area contributed by atoms with Crippen LogP contribution in [0.3, 0.4) is 0 Å². The maximum Gasteiger partial charge on any atom is 0.132 e. The molecule has 0 spiro atoms. The smallest absolute Gasteiger partial charge is 0.132 e.